The zero-order valence-corrected chi connectivity index (χ0v) is 13.5. The first-order valence-electron chi connectivity index (χ1n) is 7.87. The molecule has 0 radical (unpaired) electrons. The summed E-state index contributed by atoms with van der Waals surface area (Å²) in [5.74, 6) is 5.87. The molecule has 3 heteroatoms. The molecule has 0 unspecified atom stereocenters. The maximum Gasteiger partial charge on any atom is 0.248 e. The highest BCUT2D eigenvalue weighted by Crippen LogP contribution is 2.10. The molecule has 0 saturated carbocycles. The molecular formula is C22H16N2O. The molecule has 0 bridgehead atoms. The van der Waals surface area contributed by atoms with E-state index in [0.29, 0.717) is 11.4 Å². The number of nitrogens with zero attached hydrogens (tertiary/aromatic N) is 1. The summed E-state index contributed by atoms with van der Waals surface area (Å²) in [5, 5.41) is 2.84. The molecule has 120 valence electrons. The molecule has 3 nitrogen and oxygen atoms in total. The summed E-state index contributed by atoms with van der Waals surface area (Å²) in [6.45, 7) is 0. The Labute approximate surface area is 147 Å². The second-order valence-electron chi connectivity index (χ2n) is 5.28. The van der Waals surface area contributed by atoms with Gasteiger partial charge >= 0.3 is 0 Å². The van der Waals surface area contributed by atoms with Crippen LogP contribution in [0.5, 0.6) is 0 Å². The Balaban J connectivity index is 1.67. The summed E-state index contributed by atoms with van der Waals surface area (Å²) < 4.78 is 0. The molecular weight excluding hydrogens is 308 g/mol. The van der Waals surface area contributed by atoms with Crippen molar-refractivity contribution in [3.63, 3.8) is 0 Å². The fraction of sp³-hybridized carbons (Fsp3) is 0. The van der Waals surface area contributed by atoms with E-state index < -0.39 is 0 Å². The summed E-state index contributed by atoms with van der Waals surface area (Å²) in [6, 6.07) is 22.7. The number of nitrogens with one attached hydrogen (secondary N) is 1. The van der Waals surface area contributed by atoms with Crippen LogP contribution in [0.4, 0.5) is 5.69 Å². The highest BCUT2D eigenvalue weighted by atomic mass is 16.1. The van der Waals surface area contributed by atoms with Crippen LogP contribution in [0.1, 0.15) is 16.8 Å². The minimum atomic E-state index is -0.182. The second-order valence-corrected chi connectivity index (χ2v) is 5.28. The molecule has 25 heavy (non-hydrogen) atoms. The molecule has 0 aliphatic heterocycles. The zero-order chi connectivity index (χ0) is 17.3. The smallest absolute Gasteiger partial charge is 0.248 e. The van der Waals surface area contributed by atoms with Crippen LogP contribution in [0.25, 0.3) is 6.08 Å². The number of rotatable bonds is 3. The molecule has 0 fully saturated rings. The van der Waals surface area contributed by atoms with Crippen LogP contribution in [0.2, 0.25) is 0 Å². The predicted octanol–water partition coefficient (Wildman–Crippen LogP) is 4.13. The van der Waals surface area contributed by atoms with Crippen LogP contribution in [-0.4, -0.2) is 10.9 Å². The molecule has 0 saturated heterocycles. The Morgan fingerprint density at radius 3 is 2.56 bits per heavy atom. The largest absolute Gasteiger partial charge is 0.322 e. The Hall–Kier alpha value is -3.64. The predicted molar refractivity (Wildman–Crippen MR) is 101 cm³/mol. The first-order chi connectivity index (χ1) is 12.3. The second kappa shape index (κ2) is 8.28. The number of anilines is 1. The summed E-state index contributed by atoms with van der Waals surface area (Å²) in [5.41, 5.74) is 3.21. The monoisotopic (exact) mass is 324 g/mol. The van der Waals surface area contributed by atoms with E-state index in [4.69, 9.17) is 0 Å². The Kier molecular flexibility index (Phi) is 5.37. The lowest BCUT2D eigenvalue weighted by Gasteiger charge is -2.02. The Bertz CT molecular complexity index is 936. The van der Waals surface area contributed by atoms with Crippen molar-refractivity contribution >= 4 is 17.7 Å². The number of carbonyl (C=O) groups is 1. The minimum Gasteiger partial charge on any atom is -0.322 e. The lowest BCUT2D eigenvalue weighted by molar-refractivity contribution is -0.111. The number of aromatic nitrogens is 1. The maximum absolute atomic E-state index is 12.0. The van der Waals surface area contributed by atoms with E-state index in [0.717, 1.165) is 11.1 Å². The van der Waals surface area contributed by atoms with Gasteiger partial charge in [0.15, 0.2) is 0 Å². The first kappa shape index (κ1) is 16.2. The van der Waals surface area contributed by atoms with Gasteiger partial charge in [0, 0.05) is 23.5 Å². The molecule has 2 aromatic carbocycles. The van der Waals surface area contributed by atoms with Crippen molar-refractivity contribution in [2.24, 2.45) is 0 Å². The highest BCUT2D eigenvalue weighted by molar-refractivity contribution is 6.02. The molecule has 3 rings (SSSR count). The third-order valence-corrected chi connectivity index (χ3v) is 3.36. The Morgan fingerprint density at radius 1 is 0.920 bits per heavy atom. The van der Waals surface area contributed by atoms with Crippen LogP contribution >= 0.6 is 0 Å². The van der Waals surface area contributed by atoms with Gasteiger partial charge in [0.05, 0.1) is 0 Å². The van der Waals surface area contributed by atoms with E-state index >= 15 is 0 Å². The third-order valence-electron chi connectivity index (χ3n) is 3.36. The van der Waals surface area contributed by atoms with Gasteiger partial charge in [-0.1, -0.05) is 48.4 Å². The van der Waals surface area contributed by atoms with Crippen molar-refractivity contribution in [2.45, 2.75) is 0 Å². The lowest BCUT2D eigenvalue weighted by Crippen LogP contribution is -2.07. The zero-order valence-electron chi connectivity index (χ0n) is 13.5. The van der Waals surface area contributed by atoms with Crippen LogP contribution in [0, 0.1) is 11.8 Å². The van der Waals surface area contributed by atoms with Gasteiger partial charge in [-0.15, -0.1) is 0 Å². The van der Waals surface area contributed by atoms with E-state index in [1.807, 2.05) is 72.8 Å². The summed E-state index contributed by atoms with van der Waals surface area (Å²) in [7, 11) is 0. The Morgan fingerprint density at radius 2 is 1.76 bits per heavy atom. The number of amides is 1. The summed E-state index contributed by atoms with van der Waals surface area (Å²) in [6.07, 6.45) is 5.00. The van der Waals surface area contributed by atoms with Crippen molar-refractivity contribution in [1.29, 1.82) is 0 Å². The first-order valence-corrected chi connectivity index (χ1v) is 7.87. The molecule has 0 spiro atoms. The van der Waals surface area contributed by atoms with Gasteiger partial charge in [-0.05, 0) is 47.9 Å². The highest BCUT2D eigenvalue weighted by Gasteiger charge is 1.98. The van der Waals surface area contributed by atoms with Gasteiger partial charge in [-0.3, -0.25) is 4.79 Å². The van der Waals surface area contributed by atoms with Crippen LogP contribution in [0.3, 0.4) is 0 Å². The number of carbonyl (C=O) groups excluding carboxylic acids is 1. The summed E-state index contributed by atoms with van der Waals surface area (Å²) >= 11 is 0. The molecule has 1 aromatic heterocycles. The topological polar surface area (TPSA) is 42.0 Å². The molecule has 0 aliphatic carbocycles. The van der Waals surface area contributed by atoms with Gasteiger partial charge in [-0.2, -0.15) is 0 Å². The number of benzene rings is 2. The van der Waals surface area contributed by atoms with E-state index in [9.17, 15) is 4.79 Å². The number of hydrogen-bond donors (Lipinski definition) is 1. The third kappa shape index (κ3) is 5.19. The lowest BCUT2D eigenvalue weighted by atomic mass is 10.2. The molecule has 0 aliphatic rings. The van der Waals surface area contributed by atoms with Gasteiger partial charge < -0.3 is 5.32 Å². The van der Waals surface area contributed by atoms with Crippen molar-refractivity contribution in [3.05, 3.63) is 102 Å². The molecule has 1 heterocycles. The summed E-state index contributed by atoms with van der Waals surface area (Å²) in [4.78, 5) is 16.2. The molecule has 1 N–H and O–H groups in total. The minimum absolute atomic E-state index is 0.182. The maximum atomic E-state index is 12.0. The van der Waals surface area contributed by atoms with Gasteiger partial charge in [0.2, 0.25) is 5.91 Å². The van der Waals surface area contributed by atoms with Gasteiger partial charge in [-0.25, -0.2) is 4.98 Å². The normalized spacial score (nSPS) is 10.1. The van der Waals surface area contributed by atoms with Crippen molar-refractivity contribution in [1.82, 2.24) is 4.98 Å². The van der Waals surface area contributed by atoms with Crippen LogP contribution < -0.4 is 5.32 Å². The van der Waals surface area contributed by atoms with E-state index in [1.54, 1.807) is 12.3 Å². The molecule has 0 atom stereocenters. The SMILES string of the molecule is O=C(/C=C/c1ccccc1)Nc1cccc(C#Cc2ccccn2)c1. The quantitative estimate of drug-likeness (QED) is 0.581. The molecule has 3 aromatic rings. The number of pyridine rings is 1. The average Bonchev–Trinajstić information content (AvgIpc) is 2.67. The fourth-order valence-corrected chi connectivity index (χ4v) is 2.17. The number of hydrogen-bond acceptors (Lipinski definition) is 2. The van der Waals surface area contributed by atoms with E-state index in [-0.39, 0.29) is 5.91 Å². The van der Waals surface area contributed by atoms with Gasteiger partial charge in [0.1, 0.15) is 5.69 Å². The standard InChI is InChI=1S/C22H16N2O/c25-22(15-13-18-7-2-1-3-8-18)24-21-11-6-9-19(17-21)12-14-20-10-4-5-16-23-20/h1-11,13,15-17H,(H,24,25)/b15-13+. The van der Waals surface area contributed by atoms with Crippen molar-refractivity contribution in [3.8, 4) is 11.8 Å². The van der Waals surface area contributed by atoms with Gasteiger partial charge in [0.25, 0.3) is 0 Å². The van der Waals surface area contributed by atoms with Crippen molar-refractivity contribution in [2.75, 3.05) is 5.32 Å². The fourth-order valence-electron chi connectivity index (χ4n) is 2.17. The van der Waals surface area contributed by atoms with Crippen LogP contribution in [-0.2, 0) is 4.79 Å². The van der Waals surface area contributed by atoms with E-state index in [2.05, 4.69) is 22.1 Å². The van der Waals surface area contributed by atoms with Crippen molar-refractivity contribution < 1.29 is 4.79 Å². The van der Waals surface area contributed by atoms with Crippen LogP contribution in [0.15, 0.2) is 85.1 Å². The average molecular weight is 324 g/mol. The van der Waals surface area contributed by atoms with E-state index in [1.165, 1.54) is 6.08 Å². The molecule has 1 amide bonds.